The van der Waals surface area contributed by atoms with Gasteiger partial charge in [-0.1, -0.05) is 17.3 Å². The van der Waals surface area contributed by atoms with E-state index >= 15 is 0 Å². The van der Waals surface area contributed by atoms with Crippen LogP contribution in [0.2, 0.25) is 0 Å². The highest BCUT2D eigenvalue weighted by Gasteiger charge is 2.31. The lowest BCUT2D eigenvalue weighted by Crippen LogP contribution is -2.44. The first-order chi connectivity index (χ1) is 13.5. The lowest BCUT2D eigenvalue weighted by Gasteiger charge is -2.31. The third-order valence-corrected chi connectivity index (χ3v) is 6.37. The summed E-state index contributed by atoms with van der Waals surface area (Å²) in [6.07, 6.45) is 1.15. The fraction of sp³-hybridized carbons (Fsp3) is 0.389. The zero-order chi connectivity index (χ0) is 19.6. The molecule has 10 heteroatoms. The zero-order valence-electron chi connectivity index (χ0n) is 15.3. The molecule has 0 bridgehead atoms. The molecule has 1 fully saturated rings. The average molecular weight is 404 g/mol. The Bertz CT molecular complexity index is 1050. The Morgan fingerprint density at radius 3 is 2.75 bits per heavy atom. The summed E-state index contributed by atoms with van der Waals surface area (Å²) < 4.78 is 43.3. The van der Waals surface area contributed by atoms with E-state index in [0.29, 0.717) is 41.4 Å². The Morgan fingerprint density at radius 1 is 1.18 bits per heavy atom. The Hall–Kier alpha value is -2.72. The van der Waals surface area contributed by atoms with E-state index in [-0.39, 0.29) is 18.4 Å². The van der Waals surface area contributed by atoms with Crippen molar-refractivity contribution in [1.29, 1.82) is 0 Å². The summed E-state index contributed by atoms with van der Waals surface area (Å²) in [5.74, 6) is 0.520. The van der Waals surface area contributed by atoms with Crippen molar-refractivity contribution in [2.24, 2.45) is 0 Å². The predicted molar refractivity (Wildman–Crippen MR) is 100 cm³/mol. The highest BCUT2D eigenvalue weighted by molar-refractivity contribution is 7.88. The summed E-state index contributed by atoms with van der Waals surface area (Å²) in [5, 5.41) is 12.4. The first-order valence-corrected chi connectivity index (χ1v) is 10.5. The second kappa shape index (κ2) is 7.72. The summed E-state index contributed by atoms with van der Waals surface area (Å²) in [7, 11) is -2.05. The van der Waals surface area contributed by atoms with Crippen LogP contribution in [0.4, 0.5) is 0 Å². The average Bonchev–Trinajstić information content (AvgIpc) is 3.11. The third-order valence-electron chi connectivity index (χ3n) is 4.62. The molecule has 9 nitrogen and oxygen atoms in total. The molecule has 4 rings (SSSR count). The van der Waals surface area contributed by atoms with Crippen LogP contribution in [0.3, 0.4) is 0 Å². The van der Waals surface area contributed by atoms with Crippen LogP contribution in [0.15, 0.2) is 40.9 Å². The molecule has 0 aliphatic carbocycles. The summed E-state index contributed by atoms with van der Waals surface area (Å²) >= 11 is 0. The first-order valence-electron chi connectivity index (χ1n) is 8.90. The maximum absolute atomic E-state index is 12.9. The number of hydrogen-bond acceptors (Lipinski definition) is 8. The quantitative estimate of drug-likeness (QED) is 0.614. The number of nitrogens with zero attached hydrogens (tertiary/aromatic N) is 4. The molecule has 1 unspecified atom stereocenters. The molecule has 3 heterocycles. The molecule has 28 heavy (non-hydrogen) atoms. The van der Waals surface area contributed by atoms with Gasteiger partial charge in [0.2, 0.25) is 21.8 Å². The standard InChI is InChI=1S/C18H20N4O5S/c1-25-17-8-9-18(20-19-17)26-13-5-4-10-22(11-13)28(23,24)12-15-14-6-2-3-7-16(14)27-21-15/h2-3,6-9,13H,4-5,10-12H2,1H3. The largest absolute Gasteiger partial charge is 0.480 e. The number of fused-ring (bicyclic) bond motifs is 1. The minimum absolute atomic E-state index is 0.209. The van der Waals surface area contributed by atoms with Crippen molar-refractivity contribution in [2.75, 3.05) is 20.2 Å². The van der Waals surface area contributed by atoms with Crippen molar-refractivity contribution in [1.82, 2.24) is 19.7 Å². The Labute approximate surface area is 162 Å². The van der Waals surface area contributed by atoms with Gasteiger partial charge >= 0.3 is 0 Å². The number of hydrogen-bond donors (Lipinski definition) is 0. The van der Waals surface area contributed by atoms with Gasteiger partial charge in [0.25, 0.3) is 0 Å². The fourth-order valence-corrected chi connectivity index (χ4v) is 4.75. The number of ether oxygens (including phenoxy) is 2. The van der Waals surface area contributed by atoms with Gasteiger partial charge in [-0.25, -0.2) is 8.42 Å². The Balaban J connectivity index is 1.45. The Morgan fingerprint density at radius 2 is 1.96 bits per heavy atom. The van der Waals surface area contributed by atoms with E-state index in [0.717, 1.165) is 6.42 Å². The van der Waals surface area contributed by atoms with Crippen LogP contribution in [0.1, 0.15) is 18.5 Å². The van der Waals surface area contributed by atoms with Gasteiger partial charge < -0.3 is 14.0 Å². The van der Waals surface area contributed by atoms with Crippen LogP contribution in [0.5, 0.6) is 11.8 Å². The second-order valence-electron chi connectivity index (χ2n) is 6.54. The van der Waals surface area contributed by atoms with Crippen LogP contribution in [-0.4, -0.2) is 54.4 Å². The monoisotopic (exact) mass is 404 g/mol. The molecule has 148 valence electrons. The third kappa shape index (κ3) is 3.92. The van der Waals surface area contributed by atoms with Gasteiger partial charge in [0.1, 0.15) is 17.6 Å². The predicted octanol–water partition coefficient (Wildman–Crippen LogP) is 2.00. The van der Waals surface area contributed by atoms with Gasteiger partial charge in [0.05, 0.1) is 13.7 Å². The number of methoxy groups -OCH3 is 1. The topological polar surface area (TPSA) is 108 Å². The molecule has 0 saturated carbocycles. The van der Waals surface area contributed by atoms with E-state index in [2.05, 4.69) is 15.4 Å². The number of sulfonamides is 1. The maximum atomic E-state index is 12.9. The van der Waals surface area contributed by atoms with E-state index in [1.165, 1.54) is 11.4 Å². The lowest BCUT2D eigenvalue weighted by molar-refractivity contribution is 0.123. The Kier molecular flexibility index (Phi) is 5.14. The molecule has 3 aromatic rings. The summed E-state index contributed by atoms with van der Waals surface area (Å²) in [6.45, 7) is 0.706. The van der Waals surface area contributed by atoms with Gasteiger partial charge in [-0.3, -0.25) is 0 Å². The molecular weight excluding hydrogens is 384 g/mol. The zero-order valence-corrected chi connectivity index (χ0v) is 16.1. The SMILES string of the molecule is COc1ccc(OC2CCCN(S(=O)(=O)Cc3noc4ccccc34)C2)nn1. The van der Waals surface area contributed by atoms with Crippen LogP contribution >= 0.6 is 0 Å². The molecule has 0 spiro atoms. The molecule has 2 aromatic heterocycles. The minimum Gasteiger partial charge on any atom is -0.480 e. The number of benzene rings is 1. The number of para-hydroxylation sites is 1. The van der Waals surface area contributed by atoms with Crippen LogP contribution in [-0.2, 0) is 15.8 Å². The molecule has 0 N–H and O–H groups in total. The molecule has 0 radical (unpaired) electrons. The fourth-order valence-electron chi connectivity index (χ4n) is 3.21. The van der Waals surface area contributed by atoms with Crippen LogP contribution in [0.25, 0.3) is 11.0 Å². The molecule has 1 atom stereocenters. The van der Waals surface area contributed by atoms with Crippen LogP contribution in [0, 0.1) is 0 Å². The first kappa shape index (κ1) is 18.6. The molecular formula is C18H20N4O5S. The number of aromatic nitrogens is 3. The van der Waals surface area contributed by atoms with Gasteiger partial charge in [-0.05, 0) is 25.0 Å². The van der Waals surface area contributed by atoms with Crippen molar-refractivity contribution in [3.63, 3.8) is 0 Å². The van der Waals surface area contributed by atoms with Crippen molar-refractivity contribution >= 4 is 21.0 Å². The molecule has 1 aromatic carbocycles. The number of rotatable bonds is 6. The second-order valence-corrected chi connectivity index (χ2v) is 8.50. The van der Waals surface area contributed by atoms with Crippen molar-refractivity contribution < 1.29 is 22.4 Å². The van der Waals surface area contributed by atoms with Crippen LogP contribution < -0.4 is 9.47 Å². The van der Waals surface area contributed by atoms with Gasteiger partial charge in [-0.2, -0.15) is 4.31 Å². The highest BCUT2D eigenvalue weighted by atomic mass is 32.2. The molecule has 1 aliphatic heterocycles. The van der Waals surface area contributed by atoms with Crippen molar-refractivity contribution in [3.8, 4) is 11.8 Å². The van der Waals surface area contributed by atoms with Crippen molar-refractivity contribution in [2.45, 2.75) is 24.7 Å². The van der Waals surface area contributed by atoms with E-state index < -0.39 is 10.0 Å². The molecule has 0 amide bonds. The van der Waals surface area contributed by atoms with E-state index in [4.69, 9.17) is 14.0 Å². The summed E-state index contributed by atoms with van der Waals surface area (Å²) in [4.78, 5) is 0. The van der Waals surface area contributed by atoms with Gasteiger partial charge in [0.15, 0.2) is 5.58 Å². The smallest absolute Gasteiger partial charge is 0.233 e. The molecule has 1 saturated heterocycles. The van der Waals surface area contributed by atoms with Gasteiger partial charge in [-0.15, -0.1) is 10.2 Å². The van der Waals surface area contributed by atoms with Crippen molar-refractivity contribution in [3.05, 3.63) is 42.1 Å². The van der Waals surface area contributed by atoms with E-state index in [1.54, 1.807) is 24.3 Å². The summed E-state index contributed by atoms with van der Waals surface area (Å²) in [5.41, 5.74) is 0.991. The highest BCUT2D eigenvalue weighted by Crippen LogP contribution is 2.24. The lowest BCUT2D eigenvalue weighted by atomic mass is 10.1. The summed E-state index contributed by atoms with van der Waals surface area (Å²) in [6, 6.07) is 10.5. The van der Waals surface area contributed by atoms with Gasteiger partial charge in [0, 0.05) is 24.1 Å². The van der Waals surface area contributed by atoms with E-state index in [1.807, 2.05) is 12.1 Å². The number of piperidine rings is 1. The molecule has 1 aliphatic rings. The maximum Gasteiger partial charge on any atom is 0.233 e. The normalized spacial score (nSPS) is 18.2. The van der Waals surface area contributed by atoms with E-state index in [9.17, 15) is 8.42 Å². The minimum atomic E-state index is -3.56.